The summed E-state index contributed by atoms with van der Waals surface area (Å²) < 4.78 is 30.8. The number of amides is 1. The summed E-state index contributed by atoms with van der Waals surface area (Å²) >= 11 is 0. The SMILES string of the molecule is Cc1cc(F)c(C(=O)Nc2cccc3c2OCC(COCc2ccccc2)n2nnnc2-3)cc1-n1cnc(C2CC2)c1. The van der Waals surface area contributed by atoms with E-state index in [0.29, 0.717) is 53.2 Å². The molecule has 0 spiro atoms. The predicted molar refractivity (Wildman–Crippen MR) is 152 cm³/mol. The number of para-hydroxylation sites is 1. The van der Waals surface area contributed by atoms with Gasteiger partial charge in [0.05, 0.1) is 47.7 Å². The van der Waals surface area contributed by atoms with Crippen LogP contribution >= 0.6 is 0 Å². The second-order valence-corrected chi connectivity index (χ2v) is 10.6. The second kappa shape index (κ2) is 10.8. The number of hydrogen-bond donors (Lipinski definition) is 1. The normalized spacial score (nSPS) is 15.8. The third kappa shape index (κ3) is 5.03. The van der Waals surface area contributed by atoms with Crippen LogP contribution in [0.5, 0.6) is 5.75 Å². The van der Waals surface area contributed by atoms with Crippen LogP contribution in [-0.4, -0.2) is 48.9 Å². The number of rotatable bonds is 8. The van der Waals surface area contributed by atoms with Crippen molar-refractivity contribution in [2.75, 3.05) is 18.5 Å². The number of ether oxygens (including phenoxy) is 2. The van der Waals surface area contributed by atoms with Gasteiger partial charge in [-0.25, -0.2) is 14.1 Å². The summed E-state index contributed by atoms with van der Waals surface area (Å²) in [5.41, 5.74) is 4.38. The first-order chi connectivity index (χ1) is 20.5. The summed E-state index contributed by atoms with van der Waals surface area (Å²) in [4.78, 5) is 18.0. The van der Waals surface area contributed by atoms with E-state index in [-0.39, 0.29) is 18.2 Å². The van der Waals surface area contributed by atoms with E-state index < -0.39 is 11.7 Å². The van der Waals surface area contributed by atoms with Gasteiger partial charge in [0.2, 0.25) is 0 Å². The number of imidazole rings is 1. The van der Waals surface area contributed by atoms with E-state index in [9.17, 15) is 4.79 Å². The number of benzene rings is 3. The van der Waals surface area contributed by atoms with Crippen LogP contribution in [0, 0.1) is 12.7 Å². The van der Waals surface area contributed by atoms with E-state index in [1.807, 2.05) is 54.1 Å². The van der Waals surface area contributed by atoms with Crippen LogP contribution in [0.25, 0.3) is 17.1 Å². The fourth-order valence-electron chi connectivity index (χ4n) is 5.20. The molecule has 1 aliphatic heterocycles. The van der Waals surface area contributed by atoms with Gasteiger partial charge >= 0.3 is 0 Å². The Morgan fingerprint density at radius 2 is 2.00 bits per heavy atom. The molecule has 1 saturated carbocycles. The maximum absolute atomic E-state index is 15.1. The lowest BCUT2D eigenvalue weighted by Crippen LogP contribution is -2.23. The van der Waals surface area contributed by atoms with Crippen LogP contribution in [0.2, 0.25) is 0 Å². The number of tetrazole rings is 1. The van der Waals surface area contributed by atoms with Crippen molar-refractivity contribution in [3.05, 3.63) is 101 Å². The summed E-state index contributed by atoms with van der Waals surface area (Å²) in [7, 11) is 0. The summed E-state index contributed by atoms with van der Waals surface area (Å²) in [6, 6.07) is 17.8. The zero-order chi connectivity index (χ0) is 28.6. The number of aryl methyl sites for hydroxylation is 1. The fourth-order valence-corrected chi connectivity index (χ4v) is 5.20. The molecule has 1 amide bonds. The first-order valence-corrected chi connectivity index (χ1v) is 13.9. The first-order valence-electron chi connectivity index (χ1n) is 13.9. The van der Waals surface area contributed by atoms with Gasteiger partial charge in [-0.3, -0.25) is 4.79 Å². The van der Waals surface area contributed by atoms with Gasteiger partial charge in [-0.05, 0) is 65.6 Å². The zero-order valence-electron chi connectivity index (χ0n) is 22.9. The summed E-state index contributed by atoms with van der Waals surface area (Å²) in [5, 5.41) is 15.1. The molecule has 0 saturated heterocycles. The van der Waals surface area contributed by atoms with Crippen LogP contribution in [0.4, 0.5) is 10.1 Å². The van der Waals surface area contributed by atoms with E-state index in [2.05, 4.69) is 25.8 Å². The number of nitrogens with one attached hydrogen (secondary N) is 1. The van der Waals surface area contributed by atoms with Crippen LogP contribution in [0.3, 0.4) is 0 Å². The van der Waals surface area contributed by atoms with Gasteiger partial charge in [0, 0.05) is 12.1 Å². The van der Waals surface area contributed by atoms with Crippen molar-refractivity contribution < 1.29 is 18.7 Å². The Hall–Kier alpha value is -4.90. The molecule has 0 radical (unpaired) electrons. The average molecular weight is 566 g/mol. The smallest absolute Gasteiger partial charge is 0.258 e. The van der Waals surface area contributed by atoms with Gasteiger partial charge in [0.1, 0.15) is 18.5 Å². The number of nitrogens with zero attached hydrogens (tertiary/aromatic N) is 6. The standard InChI is InChI=1S/C31H28FN7O3/c1-19-12-25(32)24(13-28(19)38-14-27(33-18-38)21-10-11-21)31(40)34-26-9-5-8-23-29(26)42-17-22(39-30(23)35-36-37-39)16-41-15-20-6-3-2-4-7-20/h2-9,12-14,18,21-22H,10-11,15-17H2,1H3,(H,34,40). The summed E-state index contributed by atoms with van der Waals surface area (Å²) in [5.74, 6) is 0.170. The third-order valence-corrected chi connectivity index (χ3v) is 7.59. The molecule has 3 heterocycles. The molecule has 1 N–H and O–H groups in total. The topological polar surface area (TPSA) is 109 Å². The lowest BCUT2D eigenvalue weighted by molar-refractivity contribution is 0.0690. The number of halogens is 1. The highest BCUT2D eigenvalue weighted by molar-refractivity contribution is 6.06. The van der Waals surface area contributed by atoms with E-state index in [1.54, 1.807) is 29.2 Å². The van der Waals surface area contributed by atoms with Gasteiger partial charge < -0.3 is 19.4 Å². The van der Waals surface area contributed by atoms with Gasteiger partial charge in [0.25, 0.3) is 5.91 Å². The molecule has 10 nitrogen and oxygen atoms in total. The highest BCUT2D eigenvalue weighted by Gasteiger charge is 2.29. The van der Waals surface area contributed by atoms with E-state index in [0.717, 1.165) is 24.1 Å². The molecule has 2 aliphatic rings. The Morgan fingerprint density at radius 1 is 1.14 bits per heavy atom. The van der Waals surface area contributed by atoms with Crippen molar-refractivity contribution in [1.29, 1.82) is 0 Å². The van der Waals surface area contributed by atoms with Gasteiger partial charge in [-0.1, -0.05) is 36.4 Å². The largest absolute Gasteiger partial charge is 0.488 e. The van der Waals surface area contributed by atoms with E-state index >= 15 is 4.39 Å². The fraction of sp³-hybridized carbons (Fsp3) is 0.258. The van der Waals surface area contributed by atoms with Crippen molar-refractivity contribution in [3.8, 4) is 22.8 Å². The minimum absolute atomic E-state index is 0.0829. The molecule has 5 aromatic rings. The first kappa shape index (κ1) is 26.0. The van der Waals surface area contributed by atoms with Crippen LogP contribution < -0.4 is 10.1 Å². The summed E-state index contributed by atoms with van der Waals surface area (Å²) in [6.45, 7) is 2.77. The molecule has 1 atom stereocenters. The molecular formula is C31H28FN7O3. The maximum Gasteiger partial charge on any atom is 0.258 e. The predicted octanol–water partition coefficient (Wildman–Crippen LogP) is 5.25. The van der Waals surface area contributed by atoms with Gasteiger partial charge in [-0.2, -0.15) is 0 Å². The maximum atomic E-state index is 15.1. The van der Waals surface area contributed by atoms with Crippen LogP contribution in [0.15, 0.2) is 73.2 Å². The minimum atomic E-state index is -0.612. The Bertz CT molecular complexity index is 1760. The minimum Gasteiger partial charge on any atom is -0.488 e. The molecule has 0 bridgehead atoms. The van der Waals surface area contributed by atoms with Crippen molar-refractivity contribution >= 4 is 11.6 Å². The molecule has 2 aromatic heterocycles. The lowest BCUT2D eigenvalue weighted by Gasteiger charge is -2.17. The van der Waals surface area contributed by atoms with Crippen LogP contribution in [0.1, 0.15) is 52.0 Å². The molecule has 1 fully saturated rings. The molecule has 7 rings (SSSR count). The molecule has 42 heavy (non-hydrogen) atoms. The quantitative estimate of drug-likeness (QED) is 0.274. The molecule has 1 aliphatic carbocycles. The van der Waals surface area contributed by atoms with E-state index in [1.165, 1.54) is 6.07 Å². The van der Waals surface area contributed by atoms with Gasteiger partial charge in [-0.15, -0.1) is 5.10 Å². The third-order valence-electron chi connectivity index (χ3n) is 7.59. The van der Waals surface area contributed by atoms with E-state index in [4.69, 9.17) is 9.47 Å². The Morgan fingerprint density at radius 3 is 2.83 bits per heavy atom. The Labute approximate surface area is 241 Å². The highest BCUT2D eigenvalue weighted by Crippen LogP contribution is 2.40. The molecule has 3 aromatic carbocycles. The monoisotopic (exact) mass is 565 g/mol. The van der Waals surface area contributed by atoms with Crippen molar-refractivity contribution in [2.45, 2.75) is 38.3 Å². The molecular weight excluding hydrogens is 537 g/mol. The Balaban J connectivity index is 1.13. The number of fused-ring (bicyclic) bond motifs is 3. The number of anilines is 1. The summed E-state index contributed by atoms with van der Waals surface area (Å²) in [6.07, 6.45) is 5.92. The number of aromatic nitrogens is 6. The van der Waals surface area contributed by atoms with Crippen molar-refractivity contribution in [3.63, 3.8) is 0 Å². The highest BCUT2D eigenvalue weighted by atomic mass is 19.1. The number of carbonyl (C=O) groups excluding carboxylic acids is 1. The van der Waals surface area contributed by atoms with Crippen molar-refractivity contribution in [2.24, 2.45) is 0 Å². The van der Waals surface area contributed by atoms with Gasteiger partial charge in [0.15, 0.2) is 11.6 Å². The number of carbonyl (C=O) groups is 1. The Kier molecular flexibility index (Phi) is 6.71. The zero-order valence-corrected chi connectivity index (χ0v) is 22.9. The van der Waals surface area contributed by atoms with Crippen LogP contribution in [-0.2, 0) is 11.3 Å². The molecule has 1 unspecified atom stereocenters. The van der Waals surface area contributed by atoms with Crippen molar-refractivity contribution in [1.82, 2.24) is 29.8 Å². The molecule has 11 heteroatoms. The second-order valence-electron chi connectivity index (χ2n) is 10.6. The number of hydrogen-bond acceptors (Lipinski definition) is 7. The lowest BCUT2D eigenvalue weighted by atomic mass is 10.1. The molecule has 212 valence electrons. The average Bonchev–Trinajstić information content (AvgIpc) is 3.57.